The monoisotopic (exact) mass is 237 g/mol. The number of hydrogen-bond acceptors (Lipinski definition) is 2. The highest BCUT2D eigenvalue weighted by molar-refractivity contribution is 7.07. The Balaban J connectivity index is 2.45. The van der Waals surface area contributed by atoms with Crippen LogP contribution in [-0.2, 0) is 6.42 Å². The summed E-state index contributed by atoms with van der Waals surface area (Å²) in [5.74, 6) is 0. The van der Waals surface area contributed by atoms with Crippen molar-refractivity contribution in [2.45, 2.75) is 32.0 Å². The predicted octanol–water partition coefficient (Wildman–Crippen LogP) is 3.22. The van der Waals surface area contributed by atoms with Gasteiger partial charge in [-0.1, -0.05) is 6.92 Å². The zero-order valence-corrected chi connectivity index (χ0v) is 9.29. The summed E-state index contributed by atoms with van der Waals surface area (Å²) < 4.78 is 37.4. The van der Waals surface area contributed by atoms with Crippen LogP contribution in [-0.4, -0.2) is 18.8 Å². The minimum Gasteiger partial charge on any atom is -0.306 e. The molecule has 1 heterocycles. The van der Waals surface area contributed by atoms with Gasteiger partial charge >= 0.3 is 6.18 Å². The largest absolute Gasteiger partial charge is 0.403 e. The predicted molar refractivity (Wildman–Crippen MR) is 56.2 cm³/mol. The molecule has 0 aliphatic carbocycles. The zero-order valence-electron chi connectivity index (χ0n) is 8.47. The Hall–Kier alpha value is -0.550. The van der Waals surface area contributed by atoms with Crippen LogP contribution in [0.1, 0.15) is 18.9 Å². The Bertz CT molecular complexity index is 269. The molecule has 1 N–H and O–H groups in total. The van der Waals surface area contributed by atoms with E-state index in [0.717, 1.165) is 5.56 Å². The van der Waals surface area contributed by atoms with E-state index in [1.54, 1.807) is 6.92 Å². The van der Waals surface area contributed by atoms with E-state index in [4.69, 9.17) is 0 Å². The van der Waals surface area contributed by atoms with Crippen molar-refractivity contribution in [1.29, 1.82) is 0 Å². The van der Waals surface area contributed by atoms with Crippen LogP contribution in [0.3, 0.4) is 0 Å². The molecule has 0 saturated heterocycles. The van der Waals surface area contributed by atoms with E-state index >= 15 is 0 Å². The molecule has 0 fully saturated rings. The fourth-order valence-corrected chi connectivity index (χ4v) is 2.08. The van der Waals surface area contributed by atoms with Crippen molar-refractivity contribution in [2.24, 2.45) is 0 Å². The van der Waals surface area contributed by atoms with E-state index < -0.39 is 12.2 Å². The summed E-state index contributed by atoms with van der Waals surface area (Å²) in [4.78, 5) is 0. The molecule has 1 atom stereocenters. The number of aryl methyl sites for hydroxylation is 1. The first-order valence-electron chi connectivity index (χ1n) is 4.85. The lowest BCUT2D eigenvalue weighted by molar-refractivity contribution is -0.156. The van der Waals surface area contributed by atoms with Crippen molar-refractivity contribution in [3.05, 3.63) is 22.4 Å². The standard InChI is InChI=1S/C10H14F3NS/c1-2-14-9(10(11,12)13)4-3-8-5-6-15-7-8/h5-7,9,14H,2-4H2,1H3. The van der Waals surface area contributed by atoms with Crippen LogP contribution >= 0.6 is 11.3 Å². The first-order valence-corrected chi connectivity index (χ1v) is 5.79. The second kappa shape index (κ2) is 5.51. The quantitative estimate of drug-likeness (QED) is 0.829. The van der Waals surface area contributed by atoms with Crippen LogP contribution < -0.4 is 5.32 Å². The summed E-state index contributed by atoms with van der Waals surface area (Å²) in [7, 11) is 0. The summed E-state index contributed by atoms with van der Waals surface area (Å²) in [5, 5.41) is 6.23. The number of thiophene rings is 1. The SMILES string of the molecule is CCNC(CCc1ccsc1)C(F)(F)F. The lowest BCUT2D eigenvalue weighted by Crippen LogP contribution is -2.42. The average Bonchev–Trinajstić information content (AvgIpc) is 2.62. The number of rotatable bonds is 5. The van der Waals surface area contributed by atoms with Gasteiger partial charge < -0.3 is 5.32 Å². The molecule has 15 heavy (non-hydrogen) atoms. The molecule has 1 unspecified atom stereocenters. The minimum absolute atomic E-state index is 0.105. The lowest BCUT2D eigenvalue weighted by Gasteiger charge is -2.20. The Kier molecular flexibility index (Phi) is 4.60. The molecule has 5 heteroatoms. The number of hydrogen-bond donors (Lipinski definition) is 1. The van der Waals surface area contributed by atoms with Gasteiger partial charge in [-0.05, 0) is 41.8 Å². The highest BCUT2D eigenvalue weighted by Crippen LogP contribution is 2.24. The third kappa shape index (κ3) is 4.22. The molecule has 0 aromatic carbocycles. The molecular weight excluding hydrogens is 223 g/mol. The molecule has 0 bridgehead atoms. The fraction of sp³-hybridized carbons (Fsp3) is 0.600. The molecule has 1 rings (SSSR count). The average molecular weight is 237 g/mol. The van der Waals surface area contributed by atoms with Gasteiger partial charge in [-0.3, -0.25) is 0 Å². The van der Waals surface area contributed by atoms with Crippen LogP contribution in [0.2, 0.25) is 0 Å². The molecule has 1 nitrogen and oxygen atoms in total. The zero-order chi connectivity index (χ0) is 11.3. The molecule has 86 valence electrons. The second-order valence-electron chi connectivity index (χ2n) is 3.32. The summed E-state index contributed by atoms with van der Waals surface area (Å²) in [6.07, 6.45) is -3.57. The fourth-order valence-electron chi connectivity index (χ4n) is 1.37. The van der Waals surface area contributed by atoms with E-state index in [1.165, 1.54) is 11.3 Å². The number of alkyl halides is 3. The van der Waals surface area contributed by atoms with Crippen LogP contribution in [0.25, 0.3) is 0 Å². The molecule has 0 radical (unpaired) electrons. The van der Waals surface area contributed by atoms with Crippen LogP contribution in [0.5, 0.6) is 0 Å². The molecule has 0 spiro atoms. The molecular formula is C10H14F3NS. The van der Waals surface area contributed by atoms with Gasteiger partial charge in [-0.25, -0.2) is 0 Å². The van der Waals surface area contributed by atoms with Crippen LogP contribution in [0.15, 0.2) is 16.8 Å². The Morgan fingerprint density at radius 2 is 2.20 bits per heavy atom. The molecule has 0 aliphatic heterocycles. The van der Waals surface area contributed by atoms with Gasteiger partial charge in [0.25, 0.3) is 0 Å². The maximum absolute atomic E-state index is 12.5. The van der Waals surface area contributed by atoms with Gasteiger partial charge in [0.05, 0.1) is 0 Å². The molecule has 0 aliphatic rings. The Morgan fingerprint density at radius 1 is 1.47 bits per heavy atom. The summed E-state index contributed by atoms with van der Waals surface area (Å²) in [6, 6.07) is 0.478. The maximum atomic E-state index is 12.5. The summed E-state index contributed by atoms with van der Waals surface area (Å²) in [6.45, 7) is 2.02. The summed E-state index contributed by atoms with van der Waals surface area (Å²) in [5.41, 5.74) is 0.979. The normalized spacial score (nSPS) is 14.1. The van der Waals surface area contributed by atoms with E-state index in [2.05, 4.69) is 5.32 Å². The highest BCUT2D eigenvalue weighted by Gasteiger charge is 2.38. The second-order valence-corrected chi connectivity index (χ2v) is 4.10. The highest BCUT2D eigenvalue weighted by atomic mass is 32.1. The maximum Gasteiger partial charge on any atom is 0.403 e. The minimum atomic E-state index is -4.15. The number of nitrogens with one attached hydrogen (secondary N) is 1. The van der Waals surface area contributed by atoms with Crippen molar-refractivity contribution in [2.75, 3.05) is 6.54 Å². The smallest absolute Gasteiger partial charge is 0.306 e. The molecule has 1 aromatic rings. The van der Waals surface area contributed by atoms with E-state index in [-0.39, 0.29) is 6.42 Å². The number of halogens is 3. The van der Waals surface area contributed by atoms with Gasteiger partial charge in [-0.15, -0.1) is 0 Å². The van der Waals surface area contributed by atoms with E-state index in [9.17, 15) is 13.2 Å². The van der Waals surface area contributed by atoms with Gasteiger partial charge in [-0.2, -0.15) is 24.5 Å². The molecule has 1 aromatic heterocycles. The van der Waals surface area contributed by atoms with Crippen LogP contribution in [0.4, 0.5) is 13.2 Å². The van der Waals surface area contributed by atoms with Gasteiger partial charge in [0.1, 0.15) is 6.04 Å². The van der Waals surface area contributed by atoms with Crippen molar-refractivity contribution < 1.29 is 13.2 Å². The lowest BCUT2D eigenvalue weighted by atomic mass is 10.1. The molecule has 0 amide bonds. The van der Waals surface area contributed by atoms with E-state index in [1.807, 2.05) is 16.8 Å². The molecule has 0 saturated carbocycles. The third-order valence-corrected chi connectivity index (χ3v) is 2.88. The van der Waals surface area contributed by atoms with Gasteiger partial charge in [0, 0.05) is 0 Å². The van der Waals surface area contributed by atoms with Crippen LogP contribution in [0, 0.1) is 0 Å². The Labute approximate surface area is 91.3 Å². The third-order valence-electron chi connectivity index (χ3n) is 2.15. The van der Waals surface area contributed by atoms with Gasteiger partial charge in [0.2, 0.25) is 0 Å². The first-order chi connectivity index (χ1) is 7.04. The van der Waals surface area contributed by atoms with Gasteiger partial charge in [0.15, 0.2) is 0 Å². The van der Waals surface area contributed by atoms with Crippen molar-refractivity contribution in [1.82, 2.24) is 5.32 Å². The topological polar surface area (TPSA) is 12.0 Å². The summed E-state index contributed by atoms with van der Waals surface area (Å²) >= 11 is 1.51. The Morgan fingerprint density at radius 3 is 2.67 bits per heavy atom. The van der Waals surface area contributed by atoms with Crippen molar-refractivity contribution in [3.8, 4) is 0 Å². The van der Waals surface area contributed by atoms with E-state index in [0.29, 0.717) is 13.0 Å². The van der Waals surface area contributed by atoms with Crippen molar-refractivity contribution in [3.63, 3.8) is 0 Å². The van der Waals surface area contributed by atoms with Crippen molar-refractivity contribution >= 4 is 11.3 Å². The first kappa shape index (κ1) is 12.5.